The minimum atomic E-state index is -0.432. The molecule has 0 saturated carbocycles. The first-order chi connectivity index (χ1) is 18.0. The zero-order valence-electron chi connectivity index (χ0n) is 19.5. The lowest BCUT2D eigenvalue weighted by molar-refractivity contribution is 0.102. The summed E-state index contributed by atoms with van der Waals surface area (Å²) in [6, 6.07) is 15.9. The van der Waals surface area contributed by atoms with Crippen molar-refractivity contribution in [1.29, 1.82) is 5.26 Å². The van der Waals surface area contributed by atoms with E-state index >= 15 is 0 Å². The Balaban J connectivity index is 1.48. The van der Waals surface area contributed by atoms with E-state index in [0.717, 1.165) is 5.56 Å². The number of thiazole rings is 1. The SMILES string of the molecule is COc1cc(-c2cc(Cl)ccc2OC)c(C(=O)Nc2nc3ncc(-c4ccc(C#N)cc4)nc3s2)cn1. The van der Waals surface area contributed by atoms with Gasteiger partial charge in [-0.25, -0.2) is 15.0 Å². The number of nitriles is 1. The maximum atomic E-state index is 13.4. The van der Waals surface area contributed by atoms with Crippen LogP contribution in [0.5, 0.6) is 11.6 Å². The van der Waals surface area contributed by atoms with Gasteiger partial charge in [-0.05, 0) is 30.3 Å². The van der Waals surface area contributed by atoms with E-state index in [0.29, 0.717) is 54.6 Å². The predicted molar refractivity (Wildman–Crippen MR) is 141 cm³/mol. The van der Waals surface area contributed by atoms with E-state index < -0.39 is 5.91 Å². The molecule has 9 nitrogen and oxygen atoms in total. The minimum absolute atomic E-state index is 0.278. The van der Waals surface area contributed by atoms with Crippen molar-refractivity contribution in [1.82, 2.24) is 19.9 Å². The molecule has 0 radical (unpaired) electrons. The lowest BCUT2D eigenvalue weighted by atomic mass is 10.00. The Kier molecular flexibility index (Phi) is 6.64. The van der Waals surface area contributed by atoms with Gasteiger partial charge in [0.1, 0.15) is 5.75 Å². The number of ether oxygens (including phenoxy) is 2. The van der Waals surface area contributed by atoms with Crippen LogP contribution in [0, 0.1) is 11.3 Å². The van der Waals surface area contributed by atoms with Crippen molar-refractivity contribution in [3.63, 3.8) is 0 Å². The lowest BCUT2D eigenvalue weighted by Gasteiger charge is -2.14. The van der Waals surface area contributed by atoms with E-state index in [-0.39, 0.29) is 5.56 Å². The fourth-order valence-electron chi connectivity index (χ4n) is 3.64. The van der Waals surface area contributed by atoms with Crippen LogP contribution in [0.1, 0.15) is 15.9 Å². The third kappa shape index (κ3) is 4.91. The highest BCUT2D eigenvalue weighted by Gasteiger charge is 2.20. The number of rotatable bonds is 6. The van der Waals surface area contributed by atoms with E-state index in [1.165, 1.54) is 31.8 Å². The molecule has 3 aromatic heterocycles. The molecule has 0 spiro atoms. The van der Waals surface area contributed by atoms with Gasteiger partial charge in [0.15, 0.2) is 15.6 Å². The molecule has 37 heavy (non-hydrogen) atoms. The number of halogens is 1. The van der Waals surface area contributed by atoms with Gasteiger partial charge in [0.2, 0.25) is 5.88 Å². The molecule has 0 aliphatic heterocycles. The summed E-state index contributed by atoms with van der Waals surface area (Å²) in [7, 11) is 3.03. The highest BCUT2D eigenvalue weighted by molar-refractivity contribution is 7.21. The van der Waals surface area contributed by atoms with Crippen molar-refractivity contribution < 1.29 is 14.3 Å². The number of nitrogens with zero attached hydrogens (tertiary/aromatic N) is 5. The van der Waals surface area contributed by atoms with E-state index in [9.17, 15) is 4.79 Å². The number of nitrogens with one attached hydrogen (secondary N) is 1. The van der Waals surface area contributed by atoms with Crippen LogP contribution in [0.4, 0.5) is 5.13 Å². The molecule has 182 valence electrons. The first-order valence-corrected chi connectivity index (χ1v) is 12.0. The van der Waals surface area contributed by atoms with Crippen molar-refractivity contribution in [3.05, 3.63) is 77.1 Å². The van der Waals surface area contributed by atoms with Crippen LogP contribution in [0.15, 0.2) is 60.9 Å². The summed E-state index contributed by atoms with van der Waals surface area (Å²) >= 11 is 7.43. The Morgan fingerprint density at radius 3 is 2.54 bits per heavy atom. The Bertz CT molecular complexity index is 1680. The Morgan fingerprint density at radius 1 is 1.00 bits per heavy atom. The van der Waals surface area contributed by atoms with Crippen molar-refractivity contribution in [3.8, 4) is 40.1 Å². The molecule has 1 N–H and O–H groups in total. The number of hydrogen-bond donors (Lipinski definition) is 1. The molecule has 3 heterocycles. The third-order valence-electron chi connectivity index (χ3n) is 5.44. The van der Waals surface area contributed by atoms with Gasteiger partial charge in [-0.1, -0.05) is 35.1 Å². The number of pyridine rings is 1. The van der Waals surface area contributed by atoms with Crippen LogP contribution < -0.4 is 14.8 Å². The number of carbonyl (C=O) groups excluding carboxylic acids is 1. The summed E-state index contributed by atoms with van der Waals surface area (Å²) in [5.74, 6) is 0.436. The first kappa shape index (κ1) is 24.1. The smallest absolute Gasteiger partial charge is 0.259 e. The molecule has 5 rings (SSSR count). The summed E-state index contributed by atoms with van der Waals surface area (Å²) in [6.45, 7) is 0. The maximum Gasteiger partial charge on any atom is 0.259 e. The quantitative estimate of drug-likeness (QED) is 0.301. The Hall–Kier alpha value is -4.59. The molecule has 1 amide bonds. The Morgan fingerprint density at radius 2 is 1.81 bits per heavy atom. The van der Waals surface area contributed by atoms with Gasteiger partial charge in [-0.3, -0.25) is 10.1 Å². The fourth-order valence-corrected chi connectivity index (χ4v) is 4.60. The van der Waals surface area contributed by atoms with Crippen LogP contribution in [0.2, 0.25) is 5.02 Å². The minimum Gasteiger partial charge on any atom is -0.496 e. The van der Waals surface area contributed by atoms with Gasteiger partial charge in [0.05, 0.1) is 43.3 Å². The average Bonchev–Trinajstić information content (AvgIpc) is 3.34. The molecule has 0 unspecified atom stereocenters. The average molecular weight is 529 g/mol. The van der Waals surface area contributed by atoms with Crippen molar-refractivity contribution in [2.75, 3.05) is 19.5 Å². The highest BCUT2D eigenvalue weighted by Crippen LogP contribution is 2.36. The molecule has 0 bridgehead atoms. The molecule has 0 fully saturated rings. The van der Waals surface area contributed by atoms with Gasteiger partial charge >= 0.3 is 0 Å². The highest BCUT2D eigenvalue weighted by atomic mass is 35.5. The van der Waals surface area contributed by atoms with Crippen molar-refractivity contribution in [2.24, 2.45) is 0 Å². The molecule has 5 aromatic rings. The lowest BCUT2D eigenvalue weighted by Crippen LogP contribution is -2.14. The molecule has 0 saturated heterocycles. The molecule has 0 atom stereocenters. The summed E-state index contributed by atoms with van der Waals surface area (Å²) in [6.07, 6.45) is 3.03. The van der Waals surface area contributed by atoms with E-state index in [1.54, 1.807) is 54.7 Å². The van der Waals surface area contributed by atoms with Crippen LogP contribution in [-0.4, -0.2) is 40.1 Å². The van der Waals surface area contributed by atoms with Crippen LogP contribution in [-0.2, 0) is 0 Å². The summed E-state index contributed by atoms with van der Waals surface area (Å²) in [4.78, 5) is 31.5. The normalized spacial score (nSPS) is 10.6. The molecule has 2 aromatic carbocycles. The number of amides is 1. The van der Waals surface area contributed by atoms with E-state index in [4.69, 9.17) is 26.3 Å². The van der Waals surface area contributed by atoms with Crippen LogP contribution >= 0.6 is 22.9 Å². The van der Waals surface area contributed by atoms with E-state index in [2.05, 4.69) is 31.3 Å². The van der Waals surface area contributed by atoms with Gasteiger partial charge in [0.25, 0.3) is 5.91 Å². The van der Waals surface area contributed by atoms with Gasteiger partial charge in [-0.15, -0.1) is 0 Å². The summed E-state index contributed by atoms with van der Waals surface area (Å²) in [5.41, 5.74) is 3.83. The third-order valence-corrected chi connectivity index (χ3v) is 6.53. The molecule has 0 aliphatic carbocycles. The number of benzene rings is 2. The molecular weight excluding hydrogens is 512 g/mol. The second-order valence-corrected chi connectivity index (χ2v) is 9.08. The summed E-state index contributed by atoms with van der Waals surface area (Å²) in [5, 5.41) is 12.6. The van der Waals surface area contributed by atoms with Crippen molar-refractivity contribution in [2.45, 2.75) is 0 Å². The van der Waals surface area contributed by atoms with Gasteiger partial charge < -0.3 is 9.47 Å². The summed E-state index contributed by atoms with van der Waals surface area (Å²) < 4.78 is 10.8. The zero-order valence-corrected chi connectivity index (χ0v) is 21.1. The topological polar surface area (TPSA) is 123 Å². The molecule has 0 aliphatic rings. The number of aromatic nitrogens is 4. The molecule has 11 heteroatoms. The predicted octanol–water partition coefficient (Wildman–Crippen LogP) is 5.61. The number of anilines is 1. The fraction of sp³-hybridized carbons (Fsp3) is 0.0769. The van der Waals surface area contributed by atoms with Gasteiger partial charge in [0, 0.05) is 34.0 Å². The maximum absolute atomic E-state index is 13.4. The van der Waals surface area contributed by atoms with Crippen LogP contribution in [0.3, 0.4) is 0 Å². The first-order valence-electron chi connectivity index (χ1n) is 10.8. The van der Waals surface area contributed by atoms with Crippen molar-refractivity contribution >= 4 is 44.5 Å². The molecular formula is C26H17ClN6O3S. The second-order valence-electron chi connectivity index (χ2n) is 7.66. The number of carbonyl (C=O) groups is 1. The number of fused-ring (bicyclic) bond motifs is 1. The monoisotopic (exact) mass is 528 g/mol. The number of hydrogen-bond acceptors (Lipinski definition) is 9. The second kappa shape index (κ2) is 10.2. The zero-order chi connectivity index (χ0) is 25.9. The van der Waals surface area contributed by atoms with E-state index in [1.807, 2.05) is 0 Å². The Labute approximate surface area is 220 Å². The largest absolute Gasteiger partial charge is 0.496 e. The van der Waals surface area contributed by atoms with Gasteiger partial charge in [-0.2, -0.15) is 10.2 Å². The van der Waals surface area contributed by atoms with Crippen LogP contribution in [0.25, 0.3) is 32.9 Å². The standard InChI is InChI=1S/C26H17ClN6O3S/c1-35-21-8-7-16(27)9-18(21)17-10-22(36-2)29-12-19(17)24(34)33-26-32-23-25(37-26)31-20(13-30-23)15-5-3-14(11-28)4-6-15/h3-10,12-13H,1-2H3,(H,30,32,33,34). The number of methoxy groups -OCH3 is 2.